The number of nitrogens with one attached hydrogen (secondary N) is 3. The van der Waals surface area contributed by atoms with Gasteiger partial charge in [0.25, 0.3) is 5.56 Å². The lowest BCUT2D eigenvalue weighted by Crippen LogP contribution is -2.33. The van der Waals surface area contributed by atoms with Gasteiger partial charge in [-0.05, 0) is 42.6 Å². The molecule has 0 unspecified atom stereocenters. The van der Waals surface area contributed by atoms with Gasteiger partial charge in [-0.25, -0.2) is 14.3 Å². The van der Waals surface area contributed by atoms with Crippen molar-refractivity contribution in [3.05, 3.63) is 76.2 Å². The maximum Gasteiger partial charge on any atom is 0.490 e. The topological polar surface area (TPSA) is 129 Å². The highest BCUT2D eigenvalue weighted by Crippen LogP contribution is 2.22. The van der Waals surface area contributed by atoms with Crippen molar-refractivity contribution in [3.8, 4) is 11.1 Å². The molecular formula is C27H30ClF3N6O4. The summed E-state index contributed by atoms with van der Waals surface area (Å²) in [7, 11) is 0. The van der Waals surface area contributed by atoms with Gasteiger partial charge >= 0.3 is 18.2 Å². The van der Waals surface area contributed by atoms with Crippen LogP contribution in [0.25, 0.3) is 11.1 Å². The van der Waals surface area contributed by atoms with Gasteiger partial charge in [0, 0.05) is 44.5 Å². The van der Waals surface area contributed by atoms with Crippen LogP contribution in [0.2, 0.25) is 5.15 Å². The summed E-state index contributed by atoms with van der Waals surface area (Å²) in [6.45, 7) is 4.21. The molecule has 0 atom stereocenters. The molecule has 220 valence electrons. The minimum absolute atomic E-state index is 0.195. The number of hydrogen-bond acceptors (Lipinski definition) is 6. The van der Waals surface area contributed by atoms with Crippen LogP contribution in [-0.4, -0.2) is 65.8 Å². The van der Waals surface area contributed by atoms with Crippen molar-refractivity contribution in [2.45, 2.75) is 25.6 Å². The zero-order valence-electron chi connectivity index (χ0n) is 22.0. The third-order valence-electron chi connectivity index (χ3n) is 5.94. The zero-order valence-corrected chi connectivity index (χ0v) is 22.7. The molecule has 41 heavy (non-hydrogen) atoms. The number of amides is 2. The van der Waals surface area contributed by atoms with Gasteiger partial charge in [0.05, 0.1) is 5.69 Å². The molecule has 0 saturated carbocycles. The highest BCUT2D eigenvalue weighted by Gasteiger charge is 2.38. The van der Waals surface area contributed by atoms with Gasteiger partial charge in [0.15, 0.2) is 5.15 Å². The molecular weight excluding hydrogens is 565 g/mol. The van der Waals surface area contributed by atoms with Crippen LogP contribution in [0.4, 0.5) is 29.3 Å². The first-order valence-electron chi connectivity index (χ1n) is 12.8. The number of anilines is 2. The van der Waals surface area contributed by atoms with E-state index in [-0.39, 0.29) is 11.6 Å². The molecule has 2 aromatic carbocycles. The Kier molecular flexibility index (Phi) is 11.5. The minimum atomic E-state index is -5.08. The Balaban J connectivity index is 0.000000587. The van der Waals surface area contributed by atoms with Crippen molar-refractivity contribution in [1.29, 1.82) is 0 Å². The maximum atomic E-state index is 12.5. The van der Waals surface area contributed by atoms with Gasteiger partial charge in [0.1, 0.15) is 0 Å². The summed E-state index contributed by atoms with van der Waals surface area (Å²) in [4.78, 5) is 35.7. The van der Waals surface area contributed by atoms with Crippen molar-refractivity contribution in [2.75, 3.05) is 42.9 Å². The SMILES string of the molecule is O=C(NCCCn1nc(Cl)c(N2CCCNCC2)cc1=O)Nc1ccc(-c2ccccc2)cc1.O=C(O)C(F)(F)F. The maximum absolute atomic E-state index is 12.5. The molecule has 0 spiro atoms. The van der Waals surface area contributed by atoms with E-state index >= 15 is 0 Å². The molecule has 1 aliphatic heterocycles. The van der Waals surface area contributed by atoms with Gasteiger partial charge in [-0.1, -0.05) is 54.1 Å². The number of benzene rings is 2. The Hall–Kier alpha value is -4.10. The summed E-state index contributed by atoms with van der Waals surface area (Å²) in [5.74, 6) is -2.76. The number of aliphatic carboxylic acids is 1. The number of carbonyl (C=O) groups excluding carboxylic acids is 1. The van der Waals surface area contributed by atoms with E-state index in [0.717, 1.165) is 43.7 Å². The second-order valence-corrected chi connectivity index (χ2v) is 9.31. The molecule has 1 aliphatic rings. The van der Waals surface area contributed by atoms with Crippen molar-refractivity contribution in [2.24, 2.45) is 0 Å². The molecule has 0 aliphatic carbocycles. The fourth-order valence-electron chi connectivity index (χ4n) is 3.91. The summed E-state index contributed by atoms with van der Waals surface area (Å²) in [6, 6.07) is 19.0. The van der Waals surface area contributed by atoms with Gasteiger partial charge in [-0.15, -0.1) is 0 Å². The number of rotatable bonds is 7. The lowest BCUT2D eigenvalue weighted by molar-refractivity contribution is -0.192. The molecule has 4 rings (SSSR count). The van der Waals surface area contributed by atoms with Crippen LogP contribution < -0.4 is 26.4 Å². The van der Waals surface area contributed by atoms with Gasteiger partial charge in [0.2, 0.25) is 0 Å². The molecule has 0 radical (unpaired) electrons. The average Bonchev–Trinajstić information content (AvgIpc) is 3.23. The van der Waals surface area contributed by atoms with Crippen molar-refractivity contribution in [3.63, 3.8) is 0 Å². The minimum Gasteiger partial charge on any atom is -0.475 e. The number of aryl methyl sites for hydroxylation is 1. The summed E-state index contributed by atoms with van der Waals surface area (Å²) >= 11 is 6.38. The number of carbonyl (C=O) groups is 2. The van der Waals surface area contributed by atoms with Crippen molar-refractivity contribution < 1.29 is 27.9 Å². The second-order valence-electron chi connectivity index (χ2n) is 8.95. The van der Waals surface area contributed by atoms with Crippen LogP contribution >= 0.6 is 11.6 Å². The molecule has 14 heteroatoms. The van der Waals surface area contributed by atoms with E-state index in [1.807, 2.05) is 54.6 Å². The third kappa shape index (κ3) is 10.1. The lowest BCUT2D eigenvalue weighted by Gasteiger charge is -2.23. The normalized spacial score (nSPS) is 13.4. The number of urea groups is 1. The highest BCUT2D eigenvalue weighted by molar-refractivity contribution is 6.31. The van der Waals surface area contributed by atoms with Crippen LogP contribution in [-0.2, 0) is 11.3 Å². The summed E-state index contributed by atoms with van der Waals surface area (Å²) < 4.78 is 33.1. The number of hydrogen-bond donors (Lipinski definition) is 4. The first-order valence-corrected chi connectivity index (χ1v) is 13.2. The van der Waals surface area contributed by atoms with E-state index < -0.39 is 12.1 Å². The Morgan fingerprint density at radius 3 is 2.34 bits per heavy atom. The lowest BCUT2D eigenvalue weighted by atomic mass is 10.1. The highest BCUT2D eigenvalue weighted by atomic mass is 35.5. The Morgan fingerprint density at radius 2 is 1.68 bits per heavy atom. The van der Waals surface area contributed by atoms with Crippen LogP contribution in [0.15, 0.2) is 65.5 Å². The van der Waals surface area contributed by atoms with E-state index in [1.54, 1.807) is 6.07 Å². The number of alkyl halides is 3. The Labute approximate surface area is 239 Å². The third-order valence-corrected chi connectivity index (χ3v) is 6.21. The summed E-state index contributed by atoms with van der Waals surface area (Å²) in [5, 5.41) is 20.7. The first-order chi connectivity index (χ1) is 19.5. The van der Waals surface area contributed by atoms with Crippen molar-refractivity contribution >= 4 is 35.0 Å². The number of carboxylic acid groups (broad SMARTS) is 1. The largest absolute Gasteiger partial charge is 0.490 e. The molecule has 4 N–H and O–H groups in total. The van der Waals surface area contributed by atoms with Gasteiger partial charge in [-0.3, -0.25) is 4.79 Å². The van der Waals surface area contributed by atoms with E-state index in [4.69, 9.17) is 21.5 Å². The summed E-state index contributed by atoms with van der Waals surface area (Å²) in [5.41, 5.74) is 3.41. The van der Waals surface area contributed by atoms with Crippen molar-refractivity contribution in [1.82, 2.24) is 20.4 Å². The molecule has 10 nitrogen and oxygen atoms in total. The van der Waals surface area contributed by atoms with Crippen LogP contribution in [0.3, 0.4) is 0 Å². The number of halogens is 4. The molecule has 0 bridgehead atoms. The predicted molar refractivity (Wildman–Crippen MR) is 150 cm³/mol. The second kappa shape index (κ2) is 15.1. The standard InChI is InChI=1S/C25H29ClN6O2.C2HF3O2/c26-24-22(31-15-4-12-27-14-17-31)18-23(33)32(30-24)16-5-13-28-25(34)29-21-10-8-20(9-11-21)19-6-2-1-3-7-19;3-2(4,5)1(6)7/h1-3,6-11,18,27H,4-5,12-17H2,(H2,28,29,34);(H,6,7). The van der Waals surface area contributed by atoms with E-state index in [1.165, 1.54) is 4.68 Å². The van der Waals surface area contributed by atoms with E-state index in [9.17, 15) is 22.8 Å². The van der Waals surface area contributed by atoms with Gasteiger partial charge in [-0.2, -0.15) is 18.3 Å². The van der Waals surface area contributed by atoms with E-state index in [2.05, 4.69) is 25.9 Å². The Bertz CT molecular complexity index is 1350. The quantitative estimate of drug-likeness (QED) is 0.302. The fourth-order valence-corrected chi connectivity index (χ4v) is 4.17. The summed E-state index contributed by atoms with van der Waals surface area (Å²) in [6.07, 6.45) is -3.54. The molecule has 1 fully saturated rings. The Morgan fingerprint density at radius 1 is 1.02 bits per heavy atom. The monoisotopic (exact) mass is 594 g/mol. The molecule has 3 aromatic rings. The number of nitrogens with zero attached hydrogens (tertiary/aromatic N) is 3. The predicted octanol–water partition coefficient (Wildman–Crippen LogP) is 4.21. The molecule has 1 aromatic heterocycles. The van der Waals surface area contributed by atoms with Crippen LogP contribution in [0.1, 0.15) is 12.8 Å². The average molecular weight is 595 g/mol. The fraction of sp³-hybridized carbons (Fsp3) is 0.333. The van der Waals surface area contributed by atoms with E-state index in [0.29, 0.717) is 36.0 Å². The molecule has 1 saturated heterocycles. The van der Waals surface area contributed by atoms with Crippen LogP contribution in [0.5, 0.6) is 0 Å². The molecule has 2 amide bonds. The van der Waals surface area contributed by atoms with Crippen LogP contribution in [0, 0.1) is 0 Å². The molecule has 2 heterocycles. The number of carboxylic acids is 1. The van der Waals surface area contributed by atoms with Gasteiger partial charge < -0.3 is 26.0 Å². The first kappa shape index (κ1) is 31.4. The smallest absolute Gasteiger partial charge is 0.475 e. The number of aromatic nitrogens is 2. The zero-order chi connectivity index (χ0) is 29.8.